The van der Waals surface area contributed by atoms with Gasteiger partial charge in [0.15, 0.2) is 0 Å². The van der Waals surface area contributed by atoms with Gasteiger partial charge in [0.1, 0.15) is 5.75 Å². The normalized spacial score (nSPS) is 14.3. The van der Waals surface area contributed by atoms with E-state index in [9.17, 15) is 9.90 Å². The molecule has 0 bridgehead atoms. The number of carboxylic acid groups (broad SMARTS) is 1. The first-order chi connectivity index (χ1) is 11.7. The number of carbonyl (C=O) groups is 1. The lowest BCUT2D eigenvalue weighted by molar-refractivity contribution is 0.0696. The molecule has 0 unspecified atom stereocenters. The highest BCUT2D eigenvalue weighted by Crippen LogP contribution is 2.45. The Hall–Kier alpha value is -1.85. The van der Waals surface area contributed by atoms with E-state index in [1.165, 1.54) is 10.7 Å². The van der Waals surface area contributed by atoms with Crippen LogP contribution < -0.4 is 4.74 Å². The SMILES string of the molecule is COc1cc(C(=O)O)ccc1C(=C1SCCCS1)c1ccccc1. The quantitative estimate of drug-likeness (QED) is 0.835. The van der Waals surface area contributed by atoms with Gasteiger partial charge in [-0.2, -0.15) is 0 Å². The topological polar surface area (TPSA) is 46.5 Å². The number of ether oxygens (including phenoxy) is 1. The molecule has 1 aliphatic heterocycles. The Kier molecular flexibility index (Phi) is 5.53. The molecule has 3 rings (SSSR count). The van der Waals surface area contributed by atoms with Crippen molar-refractivity contribution >= 4 is 35.1 Å². The third-order valence-electron chi connectivity index (χ3n) is 3.74. The van der Waals surface area contributed by atoms with Crippen molar-refractivity contribution in [3.63, 3.8) is 0 Å². The number of benzene rings is 2. The summed E-state index contributed by atoms with van der Waals surface area (Å²) in [4.78, 5) is 11.2. The summed E-state index contributed by atoms with van der Waals surface area (Å²) in [5, 5.41) is 9.22. The van der Waals surface area contributed by atoms with Gasteiger partial charge in [-0.15, -0.1) is 23.5 Å². The molecule has 0 aromatic heterocycles. The van der Waals surface area contributed by atoms with Crippen LogP contribution in [0.1, 0.15) is 27.9 Å². The summed E-state index contributed by atoms with van der Waals surface area (Å²) in [7, 11) is 1.58. The summed E-state index contributed by atoms with van der Waals surface area (Å²) in [5.41, 5.74) is 3.41. The van der Waals surface area contributed by atoms with Gasteiger partial charge >= 0.3 is 5.97 Å². The Labute approximate surface area is 150 Å². The summed E-state index contributed by atoms with van der Waals surface area (Å²) in [5.74, 6) is 1.85. The number of carboxylic acids is 1. The Balaban J connectivity index is 2.18. The van der Waals surface area contributed by atoms with Crippen LogP contribution in [0.25, 0.3) is 5.57 Å². The standard InChI is InChI=1S/C19H18O3S2/c1-22-16-12-14(18(20)21)8-9-15(16)17(13-6-3-2-4-7-13)19-23-10-5-11-24-19/h2-4,6-9,12H,5,10-11H2,1H3,(H,20,21). The van der Waals surface area contributed by atoms with E-state index in [1.54, 1.807) is 19.2 Å². The second-order valence-electron chi connectivity index (χ2n) is 5.30. The van der Waals surface area contributed by atoms with Crippen molar-refractivity contribution in [3.8, 4) is 5.75 Å². The van der Waals surface area contributed by atoms with Crippen molar-refractivity contribution in [2.75, 3.05) is 18.6 Å². The van der Waals surface area contributed by atoms with Crippen LogP contribution in [-0.4, -0.2) is 29.7 Å². The zero-order valence-electron chi connectivity index (χ0n) is 13.3. The molecule has 1 aliphatic rings. The van der Waals surface area contributed by atoms with Crippen molar-refractivity contribution in [1.29, 1.82) is 0 Å². The zero-order valence-corrected chi connectivity index (χ0v) is 15.0. The van der Waals surface area contributed by atoms with E-state index in [4.69, 9.17) is 4.74 Å². The molecule has 0 atom stereocenters. The molecule has 1 heterocycles. The average Bonchev–Trinajstić information content (AvgIpc) is 2.64. The third kappa shape index (κ3) is 3.62. The molecule has 1 fully saturated rings. The fourth-order valence-corrected chi connectivity index (χ4v) is 5.30. The van der Waals surface area contributed by atoms with E-state index in [0.717, 1.165) is 28.2 Å². The summed E-state index contributed by atoms with van der Waals surface area (Å²) in [6.45, 7) is 0. The van der Waals surface area contributed by atoms with E-state index in [-0.39, 0.29) is 5.56 Å². The Bertz CT molecular complexity index is 761. The van der Waals surface area contributed by atoms with E-state index >= 15 is 0 Å². The molecule has 0 aliphatic carbocycles. The molecule has 3 nitrogen and oxygen atoms in total. The minimum atomic E-state index is -0.949. The van der Waals surface area contributed by atoms with Crippen LogP contribution in [0.4, 0.5) is 0 Å². The van der Waals surface area contributed by atoms with Crippen molar-refractivity contribution in [3.05, 3.63) is 69.5 Å². The number of aromatic carboxylic acids is 1. The Morgan fingerprint density at radius 1 is 1.04 bits per heavy atom. The fraction of sp³-hybridized carbons (Fsp3) is 0.211. The van der Waals surface area contributed by atoms with Crippen LogP contribution in [0.5, 0.6) is 5.75 Å². The van der Waals surface area contributed by atoms with Gasteiger partial charge in [-0.25, -0.2) is 4.79 Å². The molecule has 1 N–H and O–H groups in total. The molecular weight excluding hydrogens is 340 g/mol. The van der Waals surface area contributed by atoms with Gasteiger partial charge < -0.3 is 9.84 Å². The van der Waals surface area contributed by atoms with Crippen molar-refractivity contribution < 1.29 is 14.6 Å². The molecule has 2 aromatic rings. The van der Waals surface area contributed by atoms with Crippen molar-refractivity contribution in [2.45, 2.75) is 6.42 Å². The van der Waals surface area contributed by atoms with Gasteiger partial charge in [0.25, 0.3) is 0 Å². The fourth-order valence-electron chi connectivity index (χ4n) is 2.59. The maximum atomic E-state index is 11.2. The third-order valence-corrected chi connectivity index (χ3v) is 6.36. The van der Waals surface area contributed by atoms with Gasteiger partial charge in [-0.3, -0.25) is 0 Å². The molecule has 2 aromatic carbocycles. The molecule has 124 valence electrons. The molecule has 5 heteroatoms. The first-order valence-electron chi connectivity index (χ1n) is 7.67. The second kappa shape index (κ2) is 7.81. The molecule has 0 amide bonds. The summed E-state index contributed by atoms with van der Waals surface area (Å²) in [6, 6.07) is 15.3. The molecule has 0 saturated carbocycles. The number of methoxy groups -OCH3 is 1. The Morgan fingerprint density at radius 2 is 1.75 bits per heavy atom. The summed E-state index contributed by atoms with van der Waals surface area (Å²) in [6.07, 6.45) is 1.20. The van der Waals surface area contributed by atoms with Crippen molar-refractivity contribution in [2.24, 2.45) is 0 Å². The maximum Gasteiger partial charge on any atom is 0.335 e. The molecular formula is C19H18O3S2. The minimum Gasteiger partial charge on any atom is -0.496 e. The highest BCUT2D eigenvalue weighted by Gasteiger charge is 2.20. The molecule has 24 heavy (non-hydrogen) atoms. The monoisotopic (exact) mass is 358 g/mol. The highest BCUT2D eigenvalue weighted by atomic mass is 32.2. The number of rotatable bonds is 4. The lowest BCUT2D eigenvalue weighted by atomic mass is 9.97. The van der Waals surface area contributed by atoms with E-state index in [0.29, 0.717) is 5.75 Å². The summed E-state index contributed by atoms with van der Waals surface area (Å²) < 4.78 is 6.79. The molecule has 1 saturated heterocycles. The predicted molar refractivity (Wildman–Crippen MR) is 102 cm³/mol. The lowest BCUT2D eigenvalue weighted by Gasteiger charge is -2.20. The van der Waals surface area contributed by atoms with Crippen LogP contribution in [0.2, 0.25) is 0 Å². The lowest BCUT2D eigenvalue weighted by Crippen LogP contribution is -2.02. The van der Waals surface area contributed by atoms with Crippen LogP contribution in [0, 0.1) is 0 Å². The van der Waals surface area contributed by atoms with E-state index < -0.39 is 5.97 Å². The van der Waals surface area contributed by atoms with Gasteiger partial charge in [0.05, 0.1) is 12.7 Å². The van der Waals surface area contributed by atoms with Crippen molar-refractivity contribution in [1.82, 2.24) is 0 Å². The first-order valence-corrected chi connectivity index (χ1v) is 9.65. The minimum absolute atomic E-state index is 0.233. The maximum absolute atomic E-state index is 11.2. The van der Waals surface area contributed by atoms with Gasteiger partial charge in [-0.05, 0) is 41.7 Å². The number of thioether (sulfide) groups is 2. The van der Waals surface area contributed by atoms with Gasteiger partial charge in [0, 0.05) is 15.4 Å². The largest absolute Gasteiger partial charge is 0.496 e. The predicted octanol–water partition coefficient (Wildman–Crippen LogP) is 4.98. The average molecular weight is 358 g/mol. The Morgan fingerprint density at radius 3 is 2.38 bits per heavy atom. The zero-order chi connectivity index (χ0) is 16.9. The van der Waals surface area contributed by atoms with Crippen LogP contribution in [-0.2, 0) is 0 Å². The smallest absolute Gasteiger partial charge is 0.335 e. The van der Waals surface area contributed by atoms with E-state index in [1.807, 2.05) is 47.8 Å². The number of hydrogen-bond acceptors (Lipinski definition) is 4. The van der Waals surface area contributed by atoms with E-state index in [2.05, 4.69) is 12.1 Å². The van der Waals surface area contributed by atoms with Crippen LogP contribution in [0.3, 0.4) is 0 Å². The number of hydrogen-bond donors (Lipinski definition) is 1. The van der Waals surface area contributed by atoms with Gasteiger partial charge in [-0.1, -0.05) is 30.3 Å². The van der Waals surface area contributed by atoms with Crippen LogP contribution >= 0.6 is 23.5 Å². The second-order valence-corrected chi connectivity index (χ2v) is 7.77. The highest BCUT2D eigenvalue weighted by molar-refractivity contribution is 8.23. The van der Waals surface area contributed by atoms with Crippen LogP contribution in [0.15, 0.2) is 52.8 Å². The van der Waals surface area contributed by atoms with Gasteiger partial charge in [0.2, 0.25) is 0 Å². The molecule has 0 spiro atoms. The summed E-state index contributed by atoms with van der Waals surface area (Å²) >= 11 is 3.72. The first kappa shape index (κ1) is 17.0. The molecule has 0 radical (unpaired) electrons.